The molecule has 0 bridgehead atoms. The van der Waals surface area contributed by atoms with E-state index in [1.54, 1.807) is 17.7 Å². The number of ether oxygens (including phenoxy) is 1. The van der Waals surface area contributed by atoms with Gasteiger partial charge in [-0.3, -0.25) is 0 Å². The number of hydrogen-bond acceptors (Lipinski definition) is 2. The number of imidazole rings is 1. The van der Waals surface area contributed by atoms with Crippen molar-refractivity contribution in [3.63, 3.8) is 0 Å². The summed E-state index contributed by atoms with van der Waals surface area (Å²) in [7, 11) is 1.61. The molecule has 1 unspecified atom stereocenters. The van der Waals surface area contributed by atoms with Crippen molar-refractivity contribution < 1.29 is 17.9 Å². The number of aromatic nitrogens is 2. The van der Waals surface area contributed by atoms with Gasteiger partial charge in [0.2, 0.25) is 0 Å². The molecule has 0 aromatic carbocycles. The third-order valence-electron chi connectivity index (χ3n) is 3.55. The monoisotopic (exact) mass is 300 g/mol. The number of hydrogen-bond donors (Lipinski definition) is 0. The molecule has 0 aliphatic carbocycles. The normalized spacial score (nSPS) is 13.8. The third kappa shape index (κ3) is 3.56. The summed E-state index contributed by atoms with van der Waals surface area (Å²) in [5.74, 6) is 0. The van der Waals surface area contributed by atoms with Crippen molar-refractivity contribution in [1.82, 2.24) is 9.38 Å². The molecule has 0 aliphatic heterocycles. The number of fused-ring (bicyclic) bond motifs is 1. The van der Waals surface area contributed by atoms with Crippen molar-refractivity contribution in [3.8, 4) is 0 Å². The van der Waals surface area contributed by atoms with Gasteiger partial charge >= 0.3 is 6.18 Å². The van der Waals surface area contributed by atoms with Crippen LogP contribution in [0.25, 0.3) is 5.65 Å². The highest BCUT2D eigenvalue weighted by Crippen LogP contribution is 2.31. The smallest absolute Gasteiger partial charge is 0.375 e. The maximum Gasteiger partial charge on any atom is 0.416 e. The first-order chi connectivity index (χ1) is 9.97. The van der Waals surface area contributed by atoms with Gasteiger partial charge in [-0.1, -0.05) is 26.2 Å². The highest BCUT2D eigenvalue weighted by molar-refractivity contribution is 5.44. The van der Waals surface area contributed by atoms with Crippen LogP contribution >= 0.6 is 0 Å². The summed E-state index contributed by atoms with van der Waals surface area (Å²) >= 11 is 0. The summed E-state index contributed by atoms with van der Waals surface area (Å²) in [6, 6.07) is 2.12. The number of alkyl halides is 3. The van der Waals surface area contributed by atoms with Crippen molar-refractivity contribution in [2.24, 2.45) is 0 Å². The van der Waals surface area contributed by atoms with Crippen molar-refractivity contribution >= 4 is 5.65 Å². The van der Waals surface area contributed by atoms with Crippen LogP contribution in [0.4, 0.5) is 13.2 Å². The van der Waals surface area contributed by atoms with Crippen LogP contribution in [0.15, 0.2) is 24.5 Å². The molecule has 0 spiro atoms. The largest absolute Gasteiger partial charge is 0.416 e. The number of rotatable bonds is 6. The lowest BCUT2D eigenvalue weighted by Gasteiger charge is -2.15. The van der Waals surface area contributed by atoms with Crippen molar-refractivity contribution in [2.45, 2.75) is 44.9 Å². The topological polar surface area (TPSA) is 26.5 Å². The average molecular weight is 300 g/mol. The van der Waals surface area contributed by atoms with Crippen LogP contribution in [0.2, 0.25) is 0 Å². The fourth-order valence-electron chi connectivity index (χ4n) is 2.38. The van der Waals surface area contributed by atoms with Crippen molar-refractivity contribution in [1.29, 1.82) is 0 Å². The summed E-state index contributed by atoms with van der Waals surface area (Å²) in [4.78, 5) is 4.07. The van der Waals surface area contributed by atoms with Gasteiger partial charge in [-0.15, -0.1) is 0 Å². The number of unbranched alkanes of at least 4 members (excludes halogenated alkanes) is 2. The SMILES string of the molecule is CCCCCC(OC)c1cnc2cc(C(F)(F)F)ccn12. The molecule has 0 amide bonds. The van der Waals surface area contributed by atoms with E-state index in [1.165, 1.54) is 6.20 Å². The summed E-state index contributed by atoms with van der Waals surface area (Å²) in [5.41, 5.74) is 0.391. The van der Waals surface area contributed by atoms with Gasteiger partial charge in [0.05, 0.1) is 23.6 Å². The van der Waals surface area contributed by atoms with E-state index >= 15 is 0 Å². The molecule has 2 aromatic heterocycles. The zero-order chi connectivity index (χ0) is 15.5. The molecule has 0 N–H and O–H groups in total. The van der Waals surface area contributed by atoms with Gasteiger partial charge in [0, 0.05) is 13.3 Å². The van der Waals surface area contributed by atoms with Gasteiger partial charge in [0.25, 0.3) is 0 Å². The van der Waals surface area contributed by atoms with Crippen molar-refractivity contribution in [3.05, 3.63) is 35.8 Å². The Hall–Kier alpha value is -1.56. The molecule has 2 heterocycles. The molecule has 0 fully saturated rings. The quantitative estimate of drug-likeness (QED) is 0.728. The van der Waals surface area contributed by atoms with Gasteiger partial charge in [-0.2, -0.15) is 13.2 Å². The predicted octanol–water partition coefficient (Wildman–Crippen LogP) is 4.62. The van der Waals surface area contributed by atoms with Gasteiger partial charge in [-0.05, 0) is 18.6 Å². The minimum atomic E-state index is -4.35. The van der Waals surface area contributed by atoms with E-state index in [1.807, 2.05) is 0 Å². The Balaban J connectivity index is 2.28. The second-order valence-electron chi connectivity index (χ2n) is 5.04. The zero-order valence-corrected chi connectivity index (χ0v) is 12.2. The number of nitrogens with zero attached hydrogens (tertiary/aromatic N) is 2. The van der Waals surface area contributed by atoms with Crippen LogP contribution in [0.3, 0.4) is 0 Å². The maximum absolute atomic E-state index is 12.7. The maximum atomic E-state index is 12.7. The minimum absolute atomic E-state index is 0.150. The van der Waals surface area contributed by atoms with Crippen LogP contribution in [-0.4, -0.2) is 16.5 Å². The summed E-state index contributed by atoms with van der Waals surface area (Å²) < 4.78 is 45.2. The first kappa shape index (κ1) is 15.8. The average Bonchev–Trinajstić information content (AvgIpc) is 2.86. The molecule has 0 saturated carbocycles. The Bertz CT molecular complexity index is 592. The van der Waals surface area contributed by atoms with Crippen LogP contribution in [0, 0.1) is 0 Å². The standard InChI is InChI=1S/C15H19F3N2O/c1-3-4-5-6-13(21-2)12-10-19-14-9-11(15(16,17)18)7-8-20(12)14/h7-10,13H,3-6H2,1-2H3. The fraction of sp³-hybridized carbons (Fsp3) is 0.533. The van der Waals surface area contributed by atoms with Gasteiger partial charge in [0.1, 0.15) is 5.65 Å². The van der Waals surface area contributed by atoms with E-state index in [4.69, 9.17) is 4.74 Å². The zero-order valence-electron chi connectivity index (χ0n) is 12.2. The molecule has 2 rings (SSSR count). The van der Waals surface area contributed by atoms with E-state index in [2.05, 4.69) is 11.9 Å². The molecule has 116 valence electrons. The van der Waals surface area contributed by atoms with Crippen LogP contribution in [0.1, 0.15) is 50.0 Å². The lowest BCUT2D eigenvalue weighted by atomic mass is 10.1. The second kappa shape index (κ2) is 6.47. The van der Waals surface area contributed by atoms with Gasteiger partial charge in [-0.25, -0.2) is 4.98 Å². The molecule has 0 saturated heterocycles. The predicted molar refractivity (Wildman–Crippen MR) is 74.1 cm³/mol. The van der Waals surface area contributed by atoms with Crippen LogP contribution in [-0.2, 0) is 10.9 Å². The molecule has 0 radical (unpaired) electrons. The Morgan fingerprint density at radius 2 is 2.10 bits per heavy atom. The van der Waals surface area contributed by atoms with Crippen molar-refractivity contribution in [2.75, 3.05) is 7.11 Å². The number of halogens is 3. The Labute approximate surface area is 121 Å². The molecular formula is C15H19F3N2O. The Morgan fingerprint density at radius 3 is 2.71 bits per heavy atom. The summed E-state index contributed by atoms with van der Waals surface area (Å²) in [6.07, 6.45) is 2.57. The summed E-state index contributed by atoms with van der Waals surface area (Å²) in [5, 5.41) is 0. The van der Waals surface area contributed by atoms with E-state index in [-0.39, 0.29) is 11.8 Å². The van der Waals surface area contributed by atoms with Crippen LogP contribution in [0.5, 0.6) is 0 Å². The molecule has 1 atom stereocenters. The van der Waals surface area contributed by atoms with E-state index < -0.39 is 11.7 Å². The third-order valence-corrected chi connectivity index (χ3v) is 3.55. The van der Waals surface area contributed by atoms with Gasteiger partial charge in [0.15, 0.2) is 0 Å². The lowest BCUT2D eigenvalue weighted by molar-refractivity contribution is -0.137. The molecule has 3 nitrogen and oxygen atoms in total. The number of pyridine rings is 1. The summed E-state index contributed by atoms with van der Waals surface area (Å²) in [6.45, 7) is 2.12. The molecule has 6 heteroatoms. The lowest BCUT2D eigenvalue weighted by Crippen LogP contribution is -2.08. The first-order valence-electron chi connectivity index (χ1n) is 7.04. The highest BCUT2D eigenvalue weighted by atomic mass is 19.4. The van der Waals surface area contributed by atoms with E-state index in [0.29, 0.717) is 0 Å². The molecule has 21 heavy (non-hydrogen) atoms. The minimum Gasteiger partial charge on any atom is -0.375 e. The molecule has 2 aromatic rings. The Kier molecular flexibility index (Phi) is 4.88. The van der Waals surface area contributed by atoms with E-state index in [9.17, 15) is 13.2 Å². The Morgan fingerprint density at radius 1 is 1.33 bits per heavy atom. The first-order valence-corrected chi connectivity index (χ1v) is 7.04. The van der Waals surface area contributed by atoms with Crippen LogP contribution < -0.4 is 0 Å². The fourth-order valence-corrected chi connectivity index (χ4v) is 2.38. The highest BCUT2D eigenvalue weighted by Gasteiger charge is 2.31. The second-order valence-corrected chi connectivity index (χ2v) is 5.04. The van der Waals surface area contributed by atoms with Gasteiger partial charge < -0.3 is 9.14 Å². The molecular weight excluding hydrogens is 281 g/mol. The van der Waals surface area contributed by atoms with E-state index in [0.717, 1.165) is 43.5 Å². The number of methoxy groups -OCH3 is 1. The molecule has 0 aliphatic rings.